The minimum Gasteiger partial charge on any atom is -0.493 e. The molecular formula is C17H26BrNO2. The topological polar surface area (TPSA) is 30.5 Å². The summed E-state index contributed by atoms with van der Waals surface area (Å²) in [5.41, 5.74) is 1.20. The van der Waals surface area contributed by atoms with Gasteiger partial charge >= 0.3 is 0 Å². The number of halogens is 1. The zero-order valence-electron chi connectivity index (χ0n) is 13.1. The summed E-state index contributed by atoms with van der Waals surface area (Å²) < 4.78 is 11.7. The Balaban J connectivity index is 1.76. The van der Waals surface area contributed by atoms with E-state index in [4.69, 9.17) is 9.47 Å². The van der Waals surface area contributed by atoms with Gasteiger partial charge in [-0.25, -0.2) is 0 Å². The molecule has 2 rings (SSSR count). The van der Waals surface area contributed by atoms with E-state index in [0.29, 0.717) is 0 Å². The second kappa shape index (κ2) is 8.64. The lowest BCUT2D eigenvalue weighted by Crippen LogP contribution is -2.16. The number of hydrogen-bond donors (Lipinski definition) is 1. The molecule has 0 atom stereocenters. The van der Waals surface area contributed by atoms with Crippen LogP contribution in [0.5, 0.6) is 11.5 Å². The molecule has 1 aromatic rings. The lowest BCUT2D eigenvalue weighted by molar-refractivity contribution is 0.354. The summed E-state index contributed by atoms with van der Waals surface area (Å²) in [5.74, 6) is 2.53. The van der Waals surface area contributed by atoms with Crippen LogP contribution in [0.2, 0.25) is 0 Å². The highest BCUT2D eigenvalue weighted by molar-refractivity contribution is 9.10. The van der Waals surface area contributed by atoms with Crippen LogP contribution in [0.3, 0.4) is 0 Å². The molecule has 0 radical (unpaired) electrons. The molecule has 3 nitrogen and oxygen atoms in total. The highest BCUT2D eigenvalue weighted by atomic mass is 79.9. The predicted octanol–water partition coefficient (Wildman–Crippen LogP) is 4.53. The van der Waals surface area contributed by atoms with Gasteiger partial charge in [0.25, 0.3) is 0 Å². The molecule has 0 unspecified atom stereocenters. The van der Waals surface area contributed by atoms with E-state index in [9.17, 15) is 0 Å². The second-order valence-electron chi connectivity index (χ2n) is 5.77. The maximum Gasteiger partial charge on any atom is 0.161 e. The van der Waals surface area contributed by atoms with Crippen molar-refractivity contribution in [1.29, 1.82) is 0 Å². The van der Waals surface area contributed by atoms with Gasteiger partial charge in [-0.2, -0.15) is 0 Å². The zero-order valence-corrected chi connectivity index (χ0v) is 14.7. The van der Waals surface area contributed by atoms with Crippen molar-refractivity contribution in [3.8, 4) is 11.5 Å². The van der Waals surface area contributed by atoms with Gasteiger partial charge in [-0.1, -0.05) is 41.6 Å². The van der Waals surface area contributed by atoms with Crippen LogP contribution >= 0.6 is 15.9 Å². The third-order valence-electron chi connectivity index (χ3n) is 4.31. The first kappa shape index (κ1) is 16.6. The summed E-state index contributed by atoms with van der Waals surface area (Å²) >= 11 is 3.60. The summed E-state index contributed by atoms with van der Waals surface area (Å²) in [6, 6.07) is 4.00. The molecule has 0 aromatic heterocycles. The predicted molar refractivity (Wildman–Crippen MR) is 90.1 cm³/mol. The van der Waals surface area contributed by atoms with Crippen LogP contribution in [0.15, 0.2) is 16.6 Å². The number of ether oxygens (including phenoxy) is 2. The fourth-order valence-corrected chi connectivity index (χ4v) is 3.53. The van der Waals surface area contributed by atoms with Gasteiger partial charge in [0.15, 0.2) is 11.5 Å². The number of rotatable bonds is 8. The monoisotopic (exact) mass is 355 g/mol. The zero-order chi connectivity index (χ0) is 15.1. The van der Waals surface area contributed by atoms with Crippen molar-refractivity contribution in [1.82, 2.24) is 5.32 Å². The Morgan fingerprint density at radius 1 is 1.14 bits per heavy atom. The van der Waals surface area contributed by atoms with Gasteiger partial charge < -0.3 is 14.8 Å². The van der Waals surface area contributed by atoms with Crippen LogP contribution in [-0.2, 0) is 6.54 Å². The van der Waals surface area contributed by atoms with E-state index in [2.05, 4.69) is 21.2 Å². The van der Waals surface area contributed by atoms with Gasteiger partial charge in [0, 0.05) is 11.0 Å². The van der Waals surface area contributed by atoms with Gasteiger partial charge in [-0.3, -0.25) is 0 Å². The first-order valence-corrected chi connectivity index (χ1v) is 8.65. The summed E-state index contributed by atoms with van der Waals surface area (Å²) in [6.45, 7) is 1.93. The average molecular weight is 356 g/mol. The first-order chi connectivity index (χ1) is 10.2. The molecule has 118 valence electrons. The average Bonchev–Trinajstić information content (AvgIpc) is 3.01. The highest BCUT2D eigenvalue weighted by Gasteiger charge is 2.14. The normalized spacial score (nSPS) is 15.4. The molecule has 0 amide bonds. The Kier molecular flexibility index (Phi) is 6.84. The number of methoxy groups -OCH3 is 2. The number of hydrogen-bond acceptors (Lipinski definition) is 3. The number of nitrogens with one attached hydrogen (secondary N) is 1. The Bertz CT molecular complexity index is 445. The molecule has 1 aliphatic rings. The van der Waals surface area contributed by atoms with Crippen molar-refractivity contribution in [2.45, 2.75) is 45.1 Å². The van der Waals surface area contributed by atoms with Gasteiger partial charge in [-0.05, 0) is 43.0 Å². The minimum absolute atomic E-state index is 0.759. The summed E-state index contributed by atoms with van der Waals surface area (Å²) in [5, 5.41) is 3.53. The molecule has 1 N–H and O–H groups in total. The van der Waals surface area contributed by atoms with Crippen molar-refractivity contribution < 1.29 is 9.47 Å². The molecule has 0 aliphatic heterocycles. The van der Waals surface area contributed by atoms with Crippen molar-refractivity contribution >= 4 is 15.9 Å². The lowest BCUT2D eigenvalue weighted by Gasteiger charge is -2.13. The molecule has 0 heterocycles. The lowest BCUT2D eigenvalue weighted by atomic mass is 10.0. The third-order valence-corrected chi connectivity index (χ3v) is 5.05. The standard InChI is InChI=1S/C17H26BrNO2/c1-20-16-10-14(15(18)11-17(16)21-2)12-19-9-5-8-13-6-3-4-7-13/h10-11,13,19H,3-9,12H2,1-2H3. The SMILES string of the molecule is COc1cc(Br)c(CNCCCC2CCCC2)cc1OC. The van der Waals surface area contributed by atoms with Crippen LogP contribution in [0.4, 0.5) is 0 Å². The molecule has 0 bridgehead atoms. The molecule has 0 saturated heterocycles. The van der Waals surface area contributed by atoms with Crippen LogP contribution in [0, 0.1) is 5.92 Å². The second-order valence-corrected chi connectivity index (χ2v) is 6.62. The fourth-order valence-electron chi connectivity index (χ4n) is 3.07. The number of benzene rings is 1. The molecule has 4 heteroatoms. The Labute approximate surface area is 136 Å². The van der Waals surface area contributed by atoms with Crippen molar-refractivity contribution in [2.75, 3.05) is 20.8 Å². The highest BCUT2D eigenvalue weighted by Crippen LogP contribution is 2.33. The van der Waals surface area contributed by atoms with Gasteiger partial charge in [0.1, 0.15) is 0 Å². The molecule has 21 heavy (non-hydrogen) atoms. The van der Waals surface area contributed by atoms with E-state index in [-0.39, 0.29) is 0 Å². The van der Waals surface area contributed by atoms with Crippen molar-refractivity contribution in [3.05, 3.63) is 22.2 Å². The molecule has 0 spiro atoms. The van der Waals surface area contributed by atoms with Crippen LogP contribution in [0.1, 0.15) is 44.1 Å². The fraction of sp³-hybridized carbons (Fsp3) is 0.647. The van der Waals surface area contributed by atoms with E-state index in [0.717, 1.165) is 35.0 Å². The summed E-state index contributed by atoms with van der Waals surface area (Å²) in [7, 11) is 3.33. The molecule has 1 aromatic carbocycles. The van der Waals surface area contributed by atoms with Gasteiger partial charge in [0.2, 0.25) is 0 Å². The van der Waals surface area contributed by atoms with E-state index < -0.39 is 0 Å². The van der Waals surface area contributed by atoms with Crippen molar-refractivity contribution in [3.63, 3.8) is 0 Å². The van der Waals surface area contributed by atoms with E-state index >= 15 is 0 Å². The maximum absolute atomic E-state index is 5.35. The summed E-state index contributed by atoms with van der Waals surface area (Å²) in [4.78, 5) is 0. The van der Waals surface area contributed by atoms with Crippen LogP contribution in [0.25, 0.3) is 0 Å². The third kappa shape index (κ3) is 4.89. The molecule has 1 aliphatic carbocycles. The molecular weight excluding hydrogens is 330 g/mol. The largest absolute Gasteiger partial charge is 0.493 e. The minimum atomic E-state index is 0.759. The smallest absolute Gasteiger partial charge is 0.161 e. The van der Waals surface area contributed by atoms with Crippen LogP contribution < -0.4 is 14.8 Å². The molecule has 1 fully saturated rings. The summed E-state index contributed by atoms with van der Waals surface area (Å²) in [6.07, 6.45) is 8.42. The van der Waals surface area contributed by atoms with E-state index in [1.165, 1.54) is 44.1 Å². The maximum atomic E-state index is 5.35. The van der Waals surface area contributed by atoms with E-state index in [1.807, 2.05) is 12.1 Å². The van der Waals surface area contributed by atoms with E-state index in [1.54, 1.807) is 14.2 Å². The first-order valence-electron chi connectivity index (χ1n) is 7.85. The van der Waals surface area contributed by atoms with Crippen LogP contribution in [-0.4, -0.2) is 20.8 Å². The Hall–Kier alpha value is -0.740. The Morgan fingerprint density at radius 3 is 2.48 bits per heavy atom. The molecule has 1 saturated carbocycles. The van der Waals surface area contributed by atoms with Gasteiger partial charge in [0.05, 0.1) is 14.2 Å². The van der Waals surface area contributed by atoms with Crippen molar-refractivity contribution in [2.24, 2.45) is 5.92 Å². The Morgan fingerprint density at radius 2 is 1.81 bits per heavy atom. The quantitative estimate of drug-likeness (QED) is 0.695. The van der Waals surface area contributed by atoms with Gasteiger partial charge in [-0.15, -0.1) is 0 Å².